The molecule has 1 aliphatic rings. The molecule has 0 aliphatic heterocycles. The maximum atomic E-state index is 9.16. The molecule has 1 rings (SSSR count). The van der Waals surface area contributed by atoms with Crippen LogP contribution in [0.2, 0.25) is 0 Å². The Morgan fingerprint density at radius 3 is 2.58 bits per heavy atom. The molecule has 0 bridgehead atoms. The number of nitriles is 1. The lowest BCUT2D eigenvalue weighted by Crippen LogP contribution is -2.04. The molecule has 0 aromatic heterocycles. The number of aliphatic hydroxyl groups is 1. The summed E-state index contributed by atoms with van der Waals surface area (Å²) in [4.78, 5) is 0. The lowest BCUT2D eigenvalue weighted by atomic mass is 10.1. The minimum atomic E-state index is -1.03. The minimum Gasteiger partial charge on any atom is -0.374 e. The van der Waals surface area contributed by atoms with E-state index in [4.69, 9.17) is 10.4 Å². The van der Waals surface area contributed by atoms with E-state index in [9.17, 15) is 0 Å². The summed E-state index contributed by atoms with van der Waals surface area (Å²) in [5.41, 5.74) is 0.609. The molecule has 0 radical (unpaired) electrons. The number of hydrogen-bond acceptors (Lipinski definition) is 2. The predicted octanol–water partition coefficient (Wildman–Crippen LogP) is 1.48. The van der Waals surface area contributed by atoms with Crippen LogP contribution >= 0.6 is 0 Å². The molecular formula is C10H9NO. The third-order valence-corrected chi connectivity index (χ3v) is 1.46. The SMILES string of the molecule is N#CC(O)C1=C/C=C\C=C/C=C1. The van der Waals surface area contributed by atoms with Crippen molar-refractivity contribution in [2.45, 2.75) is 6.10 Å². The number of aliphatic hydroxyl groups excluding tert-OH is 1. The zero-order valence-electron chi connectivity index (χ0n) is 6.51. The first-order valence-electron chi connectivity index (χ1n) is 3.64. The van der Waals surface area contributed by atoms with Crippen LogP contribution in [-0.4, -0.2) is 11.2 Å². The van der Waals surface area contributed by atoms with E-state index in [2.05, 4.69) is 0 Å². The molecular weight excluding hydrogens is 150 g/mol. The van der Waals surface area contributed by atoms with Gasteiger partial charge in [0.2, 0.25) is 0 Å². The van der Waals surface area contributed by atoms with Gasteiger partial charge in [0.05, 0.1) is 6.07 Å². The first kappa shape index (κ1) is 8.51. The van der Waals surface area contributed by atoms with Crippen LogP contribution in [0.5, 0.6) is 0 Å². The molecule has 0 spiro atoms. The van der Waals surface area contributed by atoms with Gasteiger partial charge in [0.15, 0.2) is 6.10 Å². The molecule has 60 valence electrons. The highest BCUT2D eigenvalue weighted by Gasteiger charge is 2.04. The first-order valence-corrected chi connectivity index (χ1v) is 3.64. The van der Waals surface area contributed by atoms with Gasteiger partial charge >= 0.3 is 0 Å². The van der Waals surface area contributed by atoms with E-state index in [-0.39, 0.29) is 0 Å². The zero-order chi connectivity index (χ0) is 8.81. The molecule has 0 saturated heterocycles. The van der Waals surface area contributed by atoms with Gasteiger partial charge in [0, 0.05) is 0 Å². The van der Waals surface area contributed by atoms with E-state index in [0.29, 0.717) is 5.57 Å². The Hall–Kier alpha value is -1.59. The zero-order valence-corrected chi connectivity index (χ0v) is 6.51. The topological polar surface area (TPSA) is 44.0 Å². The molecule has 0 fully saturated rings. The Bertz CT molecular complexity index is 302. The molecule has 12 heavy (non-hydrogen) atoms. The van der Waals surface area contributed by atoms with E-state index in [1.54, 1.807) is 30.4 Å². The van der Waals surface area contributed by atoms with Gasteiger partial charge in [0.1, 0.15) is 0 Å². The summed E-state index contributed by atoms with van der Waals surface area (Å²) in [6.07, 6.45) is 11.5. The van der Waals surface area contributed by atoms with Crippen molar-refractivity contribution in [1.82, 2.24) is 0 Å². The van der Waals surface area contributed by atoms with Crippen molar-refractivity contribution in [3.8, 4) is 6.07 Å². The van der Waals surface area contributed by atoms with Gasteiger partial charge < -0.3 is 5.11 Å². The smallest absolute Gasteiger partial charge is 0.165 e. The van der Waals surface area contributed by atoms with Gasteiger partial charge in [-0.1, -0.05) is 42.5 Å². The number of allylic oxidation sites excluding steroid dienone is 6. The normalized spacial score (nSPS) is 22.8. The Labute approximate surface area is 71.4 Å². The summed E-state index contributed by atoms with van der Waals surface area (Å²) in [5.74, 6) is 0. The third-order valence-electron chi connectivity index (χ3n) is 1.46. The van der Waals surface area contributed by atoms with Crippen LogP contribution in [-0.2, 0) is 0 Å². The molecule has 0 aromatic rings. The number of rotatable bonds is 1. The molecule has 2 nitrogen and oxygen atoms in total. The maximum Gasteiger partial charge on any atom is 0.165 e. The Morgan fingerprint density at radius 2 is 1.83 bits per heavy atom. The predicted molar refractivity (Wildman–Crippen MR) is 47.1 cm³/mol. The third kappa shape index (κ3) is 2.22. The highest BCUT2D eigenvalue weighted by Crippen LogP contribution is 2.06. The number of hydrogen-bond donors (Lipinski definition) is 1. The second kappa shape index (κ2) is 4.32. The summed E-state index contributed by atoms with van der Waals surface area (Å²) in [5, 5.41) is 17.6. The van der Waals surface area contributed by atoms with Crippen molar-refractivity contribution >= 4 is 0 Å². The van der Waals surface area contributed by atoms with Crippen molar-refractivity contribution in [2.75, 3.05) is 0 Å². The first-order chi connectivity index (χ1) is 5.84. The second-order valence-corrected chi connectivity index (χ2v) is 2.33. The van der Waals surface area contributed by atoms with Crippen LogP contribution in [0.25, 0.3) is 0 Å². The average molecular weight is 159 g/mol. The van der Waals surface area contributed by atoms with Crippen LogP contribution in [0.15, 0.2) is 48.1 Å². The van der Waals surface area contributed by atoms with Crippen LogP contribution < -0.4 is 0 Å². The van der Waals surface area contributed by atoms with Gasteiger partial charge in [0.25, 0.3) is 0 Å². The summed E-state index contributed by atoms with van der Waals surface area (Å²) in [6.45, 7) is 0. The molecule has 0 heterocycles. The van der Waals surface area contributed by atoms with Crippen LogP contribution in [0.4, 0.5) is 0 Å². The highest BCUT2D eigenvalue weighted by atomic mass is 16.3. The Balaban J connectivity index is 2.84. The summed E-state index contributed by atoms with van der Waals surface area (Å²) in [7, 11) is 0. The molecule has 0 aromatic carbocycles. The maximum absolute atomic E-state index is 9.16. The Kier molecular flexibility index (Phi) is 3.06. The quantitative estimate of drug-likeness (QED) is 0.589. The molecule has 2 heteroatoms. The van der Waals surface area contributed by atoms with E-state index < -0.39 is 6.10 Å². The lowest BCUT2D eigenvalue weighted by molar-refractivity contribution is 0.270. The standard InChI is InChI=1S/C10H9NO/c11-8-10(12)9-6-4-2-1-3-5-7-9/h1-7,10,12H/b2-1-,3-1?,4-2?,5-3-,6-4?,7-5?,9-6?,9-7?. The van der Waals surface area contributed by atoms with Gasteiger partial charge in [-0.15, -0.1) is 0 Å². The van der Waals surface area contributed by atoms with E-state index >= 15 is 0 Å². The highest BCUT2D eigenvalue weighted by molar-refractivity contribution is 5.35. The fourth-order valence-corrected chi connectivity index (χ4v) is 0.838. The molecule has 1 N–H and O–H groups in total. The molecule has 1 unspecified atom stereocenters. The van der Waals surface area contributed by atoms with Crippen molar-refractivity contribution < 1.29 is 5.11 Å². The van der Waals surface area contributed by atoms with Crippen molar-refractivity contribution in [3.63, 3.8) is 0 Å². The fourth-order valence-electron chi connectivity index (χ4n) is 0.838. The lowest BCUT2D eigenvalue weighted by Gasteiger charge is -2.01. The molecule has 0 saturated carbocycles. The Morgan fingerprint density at radius 1 is 1.17 bits per heavy atom. The van der Waals surface area contributed by atoms with Crippen LogP contribution in [0.1, 0.15) is 0 Å². The van der Waals surface area contributed by atoms with Gasteiger partial charge in [-0.05, 0) is 5.57 Å². The minimum absolute atomic E-state index is 0.609. The van der Waals surface area contributed by atoms with Crippen molar-refractivity contribution in [2.24, 2.45) is 0 Å². The molecule has 1 atom stereocenters. The average Bonchev–Trinajstić information content (AvgIpc) is 2.02. The molecule has 1 aliphatic carbocycles. The van der Waals surface area contributed by atoms with E-state index in [1.807, 2.05) is 18.2 Å². The number of nitrogens with zero attached hydrogens (tertiary/aromatic N) is 1. The van der Waals surface area contributed by atoms with Gasteiger partial charge in [-0.25, -0.2) is 0 Å². The van der Waals surface area contributed by atoms with Gasteiger partial charge in [-0.3, -0.25) is 0 Å². The van der Waals surface area contributed by atoms with Crippen molar-refractivity contribution in [3.05, 3.63) is 48.1 Å². The summed E-state index contributed by atoms with van der Waals surface area (Å²) < 4.78 is 0. The van der Waals surface area contributed by atoms with Crippen LogP contribution in [0, 0.1) is 11.3 Å². The van der Waals surface area contributed by atoms with Crippen molar-refractivity contribution in [1.29, 1.82) is 5.26 Å². The second-order valence-electron chi connectivity index (χ2n) is 2.33. The largest absolute Gasteiger partial charge is 0.374 e. The fraction of sp³-hybridized carbons (Fsp3) is 0.100. The van der Waals surface area contributed by atoms with E-state index in [0.717, 1.165) is 0 Å². The van der Waals surface area contributed by atoms with Crippen LogP contribution in [0.3, 0.4) is 0 Å². The monoisotopic (exact) mass is 159 g/mol. The summed E-state index contributed by atoms with van der Waals surface area (Å²) >= 11 is 0. The summed E-state index contributed by atoms with van der Waals surface area (Å²) in [6, 6.07) is 1.76. The van der Waals surface area contributed by atoms with Gasteiger partial charge in [-0.2, -0.15) is 5.26 Å². The molecule has 0 amide bonds. The van der Waals surface area contributed by atoms with E-state index in [1.165, 1.54) is 0 Å².